The average Bonchev–Trinajstić information content (AvgIpc) is 2.28. The van der Waals surface area contributed by atoms with Crippen molar-refractivity contribution in [2.24, 2.45) is 0 Å². The molecule has 17 heavy (non-hydrogen) atoms. The van der Waals surface area contributed by atoms with E-state index in [4.69, 9.17) is 0 Å². The monoisotopic (exact) mass is 242 g/mol. The number of alkyl halides is 3. The van der Waals surface area contributed by atoms with Gasteiger partial charge in [-0.1, -0.05) is 13.0 Å². The smallest absolute Gasteiger partial charge is 0.351 e. The van der Waals surface area contributed by atoms with Crippen molar-refractivity contribution >= 4 is 5.69 Å². The fourth-order valence-electron chi connectivity index (χ4n) is 1.32. The summed E-state index contributed by atoms with van der Waals surface area (Å²) >= 11 is 0. The van der Waals surface area contributed by atoms with E-state index in [0.717, 1.165) is 30.7 Å². The second-order valence-corrected chi connectivity index (χ2v) is 3.68. The zero-order valence-corrected chi connectivity index (χ0v) is 9.67. The molecule has 4 heteroatoms. The number of halogens is 3. The van der Waals surface area contributed by atoms with Gasteiger partial charge >= 0.3 is 6.18 Å². The number of allylic oxidation sites excluding steroid dienone is 1. The van der Waals surface area contributed by atoms with Crippen molar-refractivity contribution in [1.29, 1.82) is 0 Å². The molecule has 0 unspecified atom stereocenters. The normalized spacial score (nSPS) is 12.1. The average molecular weight is 242 g/mol. The molecule has 0 aliphatic rings. The molecule has 1 aromatic rings. The minimum Gasteiger partial charge on any atom is -0.351 e. The third-order valence-electron chi connectivity index (χ3n) is 2.30. The number of benzene rings is 1. The predicted molar refractivity (Wildman–Crippen MR) is 63.6 cm³/mol. The first-order chi connectivity index (χ1) is 7.95. The first kappa shape index (κ1) is 13.6. The van der Waals surface area contributed by atoms with Gasteiger partial charge in [0, 0.05) is 12.7 Å². The molecule has 0 saturated carbocycles. The van der Waals surface area contributed by atoms with E-state index >= 15 is 0 Å². The van der Waals surface area contributed by atoms with E-state index in [1.165, 1.54) is 12.1 Å². The molecular formula is C13H15F3N. The quantitative estimate of drug-likeness (QED) is 0.762. The lowest BCUT2D eigenvalue weighted by molar-refractivity contribution is -0.137. The molecule has 0 aliphatic carbocycles. The van der Waals surface area contributed by atoms with Gasteiger partial charge in [0.1, 0.15) is 0 Å². The van der Waals surface area contributed by atoms with Gasteiger partial charge in [-0.15, -0.1) is 0 Å². The summed E-state index contributed by atoms with van der Waals surface area (Å²) in [6.07, 6.45) is 1.14. The lowest BCUT2D eigenvalue weighted by atomic mass is 10.2. The molecule has 0 N–H and O–H groups in total. The van der Waals surface area contributed by atoms with Crippen LogP contribution in [-0.2, 0) is 6.18 Å². The Labute approximate surface area is 99.6 Å². The van der Waals surface area contributed by atoms with Gasteiger partial charge in [0.25, 0.3) is 0 Å². The predicted octanol–water partition coefficient (Wildman–Crippen LogP) is 4.27. The SMILES string of the molecule is [CH2]CC/C=C/N(C)c1ccc(C(F)(F)F)cc1. The largest absolute Gasteiger partial charge is 0.416 e. The van der Waals surface area contributed by atoms with Crippen molar-refractivity contribution in [3.63, 3.8) is 0 Å². The van der Waals surface area contributed by atoms with Crippen LogP contribution in [0.5, 0.6) is 0 Å². The molecule has 0 aliphatic heterocycles. The Morgan fingerprint density at radius 2 is 1.82 bits per heavy atom. The molecule has 0 atom stereocenters. The van der Waals surface area contributed by atoms with E-state index in [2.05, 4.69) is 6.92 Å². The Morgan fingerprint density at radius 3 is 2.29 bits per heavy atom. The van der Waals surface area contributed by atoms with Gasteiger partial charge in [-0.2, -0.15) is 13.2 Å². The maximum Gasteiger partial charge on any atom is 0.416 e. The second-order valence-electron chi connectivity index (χ2n) is 3.68. The molecule has 1 nitrogen and oxygen atoms in total. The van der Waals surface area contributed by atoms with Crippen LogP contribution in [0, 0.1) is 6.92 Å². The number of anilines is 1. The van der Waals surface area contributed by atoms with Crippen molar-refractivity contribution in [3.05, 3.63) is 49.0 Å². The summed E-state index contributed by atoms with van der Waals surface area (Å²) in [6.45, 7) is 3.70. The van der Waals surface area contributed by atoms with Crippen molar-refractivity contribution in [2.45, 2.75) is 19.0 Å². The van der Waals surface area contributed by atoms with Crippen LogP contribution in [-0.4, -0.2) is 7.05 Å². The summed E-state index contributed by atoms with van der Waals surface area (Å²) < 4.78 is 37.0. The van der Waals surface area contributed by atoms with E-state index in [1.807, 2.05) is 12.3 Å². The lowest BCUT2D eigenvalue weighted by Crippen LogP contribution is -2.09. The van der Waals surface area contributed by atoms with Gasteiger partial charge in [0.05, 0.1) is 5.56 Å². The molecule has 0 amide bonds. The highest BCUT2D eigenvalue weighted by Gasteiger charge is 2.29. The molecule has 1 rings (SSSR count). The van der Waals surface area contributed by atoms with Crippen molar-refractivity contribution < 1.29 is 13.2 Å². The number of hydrogen-bond acceptors (Lipinski definition) is 1. The maximum atomic E-state index is 12.3. The summed E-state index contributed by atoms with van der Waals surface area (Å²) in [4.78, 5) is 1.77. The highest BCUT2D eigenvalue weighted by molar-refractivity contribution is 5.49. The third-order valence-corrected chi connectivity index (χ3v) is 2.30. The van der Waals surface area contributed by atoms with Gasteiger partial charge in [-0.3, -0.25) is 0 Å². The van der Waals surface area contributed by atoms with Crippen LogP contribution in [0.25, 0.3) is 0 Å². The lowest BCUT2D eigenvalue weighted by Gasteiger charge is -2.15. The summed E-state index contributed by atoms with van der Waals surface area (Å²) in [5.41, 5.74) is 0.0923. The first-order valence-corrected chi connectivity index (χ1v) is 5.31. The zero-order valence-electron chi connectivity index (χ0n) is 9.67. The second kappa shape index (κ2) is 5.75. The summed E-state index contributed by atoms with van der Waals surface area (Å²) in [6, 6.07) is 5.08. The van der Waals surface area contributed by atoms with Gasteiger partial charge in [0.15, 0.2) is 0 Å². The molecule has 0 heterocycles. The van der Waals surface area contributed by atoms with Gasteiger partial charge in [0.2, 0.25) is 0 Å². The number of unbranched alkanes of at least 4 members (excludes halogenated alkanes) is 1. The summed E-state index contributed by atoms with van der Waals surface area (Å²) in [5, 5.41) is 0. The van der Waals surface area contributed by atoms with Crippen molar-refractivity contribution in [3.8, 4) is 0 Å². The fourth-order valence-corrected chi connectivity index (χ4v) is 1.32. The molecule has 0 fully saturated rings. The number of rotatable bonds is 4. The molecule has 0 saturated heterocycles. The Kier molecular flexibility index (Phi) is 4.61. The van der Waals surface area contributed by atoms with Gasteiger partial charge in [-0.25, -0.2) is 0 Å². The molecule has 1 radical (unpaired) electrons. The molecule has 93 valence electrons. The fraction of sp³-hybridized carbons (Fsp3) is 0.308. The summed E-state index contributed by atoms with van der Waals surface area (Å²) in [7, 11) is 1.79. The minimum absolute atomic E-state index is 0.628. The number of nitrogens with zero attached hydrogens (tertiary/aromatic N) is 1. The topological polar surface area (TPSA) is 3.24 Å². The van der Waals surface area contributed by atoms with E-state index in [9.17, 15) is 13.2 Å². The van der Waals surface area contributed by atoms with E-state index in [-0.39, 0.29) is 0 Å². The van der Waals surface area contributed by atoms with Crippen LogP contribution < -0.4 is 4.90 Å². The van der Waals surface area contributed by atoms with Crippen molar-refractivity contribution in [2.75, 3.05) is 11.9 Å². The maximum absolute atomic E-state index is 12.3. The minimum atomic E-state index is -4.28. The van der Waals surface area contributed by atoms with Gasteiger partial charge < -0.3 is 4.90 Å². The Bertz CT molecular complexity index is 365. The first-order valence-electron chi connectivity index (χ1n) is 5.31. The molecule has 0 spiro atoms. The zero-order chi connectivity index (χ0) is 12.9. The van der Waals surface area contributed by atoms with Crippen LogP contribution in [0.2, 0.25) is 0 Å². The molecule has 1 aromatic carbocycles. The van der Waals surface area contributed by atoms with E-state index in [0.29, 0.717) is 0 Å². The van der Waals surface area contributed by atoms with Gasteiger partial charge in [-0.05, 0) is 43.3 Å². The summed E-state index contributed by atoms with van der Waals surface area (Å²) in [5.74, 6) is 0. The molecular weight excluding hydrogens is 227 g/mol. The Balaban J connectivity index is 2.74. The van der Waals surface area contributed by atoms with Crippen LogP contribution in [0.3, 0.4) is 0 Å². The van der Waals surface area contributed by atoms with Crippen LogP contribution in [0.4, 0.5) is 18.9 Å². The van der Waals surface area contributed by atoms with Crippen molar-refractivity contribution in [1.82, 2.24) is 0 Å². The standard InChI is InChI=1S/C13H15F3N/c1-3-4-5-10-17(2)12-8-6-11(7-9-12)13(14,15)16/h5-10H,1,3-4H2,2H3/b10-5+. The van der Waals surface area contributed by atoms with E-state index < -0.39 is 11.7 Å². The van der Waals surface area contributed by atoms with E-state index in [1.54, 1.807) is 11.9 Å². The van der Waals surface area contributed by atoms with Crippen LogP contribution in [0.15, 0.2) is 36.5 Å². The molecule has 0 bridgehead atoms. The highest BCUT2D eigenvalue weighted by Crippen LogP contribution is 2.30. The molecule has 0 aromatic heterocycles. The van der Waals surface area contributed by atoms with Crippen LogP contribution >= 0.6 is 0 Å². The number of hydrogen-bond donors (Lipinski definition) is 0. The Morgan fingerprint density at radius 1 is 1.24 bits per heavy atom. The van der Waals surface area contributed by atoms with Crippen LogP contribution in [0.1, 0.15) is 18.4 Å². The third kappa shape index (κ3) is 4.13. The Hall–Kier alpha value is -1.45. The highest BCUT2D eigenvalue weighted by atomic mass is 19.4.